The van der Waals surface area contributed by atoms with Gasteiger partial charge in [-0.2, -0.15) is 0 Å². The van der Waals surface area contributed by atoms with E-state index in [2.05, 4.69) is 10.3 Å². The number of H-pyrrole nitrogens is 1. The van der Waals surface area contributed by atoms with Crippen molar-refractivity contribution in [2.75, 3.05) is 5.32 Å². The highest BCUT2D eigenvalue weighted by atomic mass is 35.5. The van der Waals surface area contributed by atoms with Gasteiger partial charge in [0.2, 0.25) is 5.91 Å². The Kier molecular flexibility index (Phi) is 5.68. The first kappa shape index (κ1) is 19.9. The fourth-order valence-electron chi connectivity index (χ4n) is 3.35. The van der Waals surface area contributed by atoms with Gasteiger partial charge in [0, 0.05) is 34.0 Å². The number of benzene rings is 3. The first-order valence-electron chi connectivity index (χ1n) is 8.86. The van der Waals surface area contributed by atoms with E-state index in [-0.39, 0.29) is 30.0 Å². The molecule has 0 fully saturated rings. The number of halogens is 2. The molecular weight excluding hydrogens is 377 g/mol. The summed E-state index contributed by atoms with van der Waals surface area (Å²) >= 11 is 0. The van der Waals surface area contributed by atoms with Gasteiger partial charge in [-0.3, -0.25) is 4.79 Å². The standard InChI is InChI=1S/C22H20FN3O.ClH/c1-13(22(27)25-17-4-2-3-14(9-17)12-24)15-5-7-18-19-8-6-16(23)11-21(19)26-20(18)10-15;/h2-11,13,26H,12,24H2,1H3,(H,25,27);1H. The van der Waals surface area contributed by atoms with Crippen LogP contribution < -0.4 is 11.1 Å². The van der Waals surface area contributed by atoms with Crippen LogP contribution in [0.5, 0.6) is 0 Å². The molecule has 1 atom stereocenters. The van der Waals surface area contributed by atoms with Gasteiger partial charge in [-0.1, -0.05) is 24.3 Å². The van der Waals surface area contributed by atoms with E-state index < -0.39 is 0 Å². The lowest BCUT2D eigenvalue weighted by molar-refractivity contribution is -0.117. The fourth-order valence-corrected chi connectivity index (χ4v) is 3.35. The number of rotatable bonds is 4. The van der Waals surface area contributed by atoms with Gasteiger partial charge in [-0.15, -0.1) is 12.4 Å². The maximum absolute atomic E-state index is 13.5. The molecule has 28 heavy (non-hydrogen) atoms. The summed E-state index contributed by atoms with van der Waals surface area (Å²) in [5.74, 6) is -0.702. The molecule has 3 aromatic carbocycles. The van der Waals surface area contributed by atoms with E-state index in [4.69, 9.17) is 5.73 Å². The van der Waals surface area contributed by atoms with E-state index in [1.165, 1.54) is 12.1 Å². The maximum atomic E-state index is 13.5. The molecule has 144 valence electrons. The molecule has 4 aromatic rings. The molecule has 1 amide bonds. The molecule has 0 saturated carbocycles. The summed E-state index contributed by atoms with van der Waals surface area (Å²) in [6.45, 7) is 2.29. The van der Waals surface area contributed by atoms with Crippen LogP contribution in [-0.4, -0.2) is 10.9 Å². The predicted octanol–water partition coefficient (Wildman–Crippen LogP) is 5.08. The molecule has 0 aliphatic rings. The van der Waals surface area contributed by atoms with Crippen LogP contribution in [0.2, 0.25) is 0 Å². The van der Waals surface area contributed by atoms with Crippen LogP contribution in [0.3, 0.4) is 0 Å². The lowest BCUT2D eigenvalue weighted by Gasteiger charge is -2.13. The number of nitrogens with two attached hydrogens (primary N) is 1. The average Bonchev–Trinajstić information content (AvgIpc) is 3.03. The van der Waals surface area contributed by atoms with Crippen molar-refractivity contribution < 1.29 is 9.18 Å². The van der Waals surface area contributed by atoms with Crippen molar-refractivity contribution in [3.8, 4) is 0 Å². The minimum atomic E-state index is -0.334. The zero-order valence-electron chi connectivity index (χ0n) is 15.3. The summed E-state index contributed by atoms with van der Waals surface area (Å²) in [7, 11) is 0. The van der Waals surface area contributed by atoms with Crippen molar-refractivity contribution in [3.05, 3.63) is 77.6 Å². The average molecular weight is 398 g/mol. The Morgan fingerprint density at radius 1 is 1.07 bits per heavy atom. The molecule has 0 aliphatic heterocycles. The maximum Gasteiger partial charge on any atom is 0.231 e. The van der Waals surface area contributed by atoms with Crippen molar-refractivity contribution in [1.82, 2.24) is 4.98 Å². The van der Waals surface area contributed by atoms with Crippen molar-refractivity contribution in [3.63, 3.8) is 0 Å². The molecule has 0 aliphatic carbocycles. The summed E-state index contributed by atoms with van der Waals surface area (Å²) in [6.07, 6.45) is 0. The number of amides is 1. The van der Waals surface area contributed by atoms with Gasteiger partial charge in [0.05, 0.1) is 5.92 Å². The highest BCUT2D eigenvalue weighted by Gasteiger charge is 2.17. The SMILES string of the molecule is CC(C(=O)Nc1cccc(CN)c1)c1ccc2c(c1)[nH]c1cc(F)ccc12.Cl. The van der Waals surface area contributed by atoms with Crippen molar-refractivity contribution >= 4 is 45.8 Å². The monoisotopic (exact) mass is 397 g/mol. The topological polar surface area (TPSA) is 70.9 Å². The lowest BCUT2D eigenvalue weighted by Crippen LogP contribution is -2.19. The van der Waals surface area contributed by atoms with Gasteiger partial charge < -0.3 is 16.0 Å². The first-order valence-corrected chi connectivity index (χ1v) is 8.86. The molecule has 6 heteroatoms. The number of aromatic amines is 1. The van der Waals surface area contributed by atoms with E-state index in [9.17, 15) is 9.18 Å². The van der Waals surface area contributed by atoms with Gasteiger partial charge >= 0.3 is 0 Å². The van der Waals surface area contributed by atoms with E-state index in [0.717, 1.165) is 38.6 Å². The number of carbonyl (C=O) groups is 1. The van der Waals surface area contributed by atoms with Crippen molar-refractivity contribution in [1.29, 1.82) is 0 Å². The molecule has 1 heterocycles. The van der Waals surface area contributed by atoms with Crippen molar-refractivity contribution in [2.45, 2.75) is 19.4 Å². The normalized spacial score (nSPS) is 12.0. The third-order valence-corrected chi connectivity index (χ3v) is 4.91. The number of hydrogen-bond donors (Lipinski definition) is 3. The van der Waals surface area contributed by atoms with Gasteiger partial charge in [-0.25, -0.2) is 4.39 Å². The molecule has 0 saturated heterocycles. The lowest BCUT2D eigenvalue weighted by atomic mass is 9.98. The molecule has 0 bridgehead atoms. The third kappa shape index (κ3) is 3.72. The second-order valence-electron chi connectivity index (χ2n) is 6.74. The van der Waals surface area contributed by atoms with Gasteiger partial charge in [0.15, 0.2) is 0 Å². The Morgan fingerprint density at radius 2 is 1.79 bits per heavy atom. The number of nitrogens with one attached hydrogen (secondary N) is 2. The number of aromatic nitrogens is 1. The van der Waals surface area contributed by atoms with E-state index in [0.29, 0.717) is 6.54 Å². The Hall–Kier alpha value is -2.89. The van der Waals surface area contributed by atoms with Crippen LogP contribution in [-0.2, 0) is 11.3 Å². The van der Waals surface area contributed by atoms with Gasteiger partial charge in [-0.05, 0) is 54.4 Å². The van der Waals surface area contributed by atoms with Crippen LogP contribution in [0.4, 0.5) is 10.1 Å². The Balaban J connectivity index is 0.00000225. The van der Waals surface area contributed by atoms with E-state index in [1.807, 2.05) is 49.4 Å². The number of fused-ring (bicyclic) bond motifs is 3. The second-order valence-corrected chi connectivity index (χ2v) is 6.74. The van der Waals surface area contributed by atoms with Gasteiger partial charge in [0.1, 0.15) is 5.82 Å². The van der Waals surface area contributed by atoms with E-state index >= 15 is 0 Å². The van der Waals surface area contributed by atoms with Crippen LogP contribution in [0.25, 0.3) is 21.8 Å². The number of carbonyl (C=O) groups excluding carboxylic acids is 1. The highest BCUT2D eigenvalue weighted by molar-refractivity contribution is 6.07. The third-order valence-electron chi connectivity index (χ3n) is 4.91. The minimum absolute atomic E-state index is 0. The molecule has 0 spiro atoms. The molecule has 4 rings (SSSR count). The predicted molar refractivity (Wildman–Crippen MR) is 114 cm³/mol. The van der Waals surface area contributed by atoms with E-state index in [1.54, 1.807) is 6.07 Å². The van der Waals surface area contributed by atoms with Gasteiger partial charge in [0.25, 0.3) is 0 Å². The number of hydrogen-bond acceptors (Lipinski definition) is 2. The van der Waals surface area contributed by atoms with Crippen LogP contribution in [0.1, 0.15) is 24.0 Å². The smallest absolute Gasteiger partial charge is 0.231 e. The molecule has 4 nitrogen and oxygen atoms in total. The fraction of sp³-hybridized carbons (Fsp3) is 0.136. The zero-order chi connectivity index (χ0) is 19.0. The minimum Gasteiger partial charge on any atom is -0.354 e. The van der Waals surface area contributed by atoms with Crippen molar-refractivity contribution in [2.24, 2.45) is 5.73 Å². The summed E-state index contributed by atoms with van der Waals surface area (Å²) in [5, 5.41) is 4.92. The second kappa shape index (κ2) is 8.00. The summed E-state index contributed by atoms with van der Waals surface area (Å²) in [4.78, 5) is 15.9. The molecule has 4 N–H and O–H groups in total. The summed E-state index contributed by atoms with van der Waals surface area (Å²) < 4.78 is 13.5. The quantitative estimate of drug-likeness (QED) is 0.449. The molecule has 0 radical (unpaired) electrons. The highest BCUT2D eigenvalue weighted by Crippen LogP contribution is 2.29. The molecule has 1 aromatic heterocycles. The van der Waals surface area contributed by atoms with Crippen LogP contribution in [0.15, 0.2) is 60.7 Å². The molecular formula is C22H21ClFN3O. The Morgan fingerprint density at radius 3 is 2.54 bits per heavy atom. The summed E-state index contributed by atoms with van der Waals surface area (Å²) in [5.41, 5.74) is 9.88. The Labute approximate surface area is 168 Å². The Bertz CT molecular complexity index is 1160. The molecule has 1 unspecified atom stereocenters. The largest absolute Gasteiger partial charge is 0.354 e. The first-order chi connectivity index (χ1) is 13.0. The van der Waals surface area contributed by atoms with Crippen LogP contribution in [0, 0.1) is 5.82 Å². The zero-order valence-corrected chi connectivity index (χ0v) is 16.1. The summed E-state index contributed by atoms with van der Waals surface area (Å²) in [6, 6.07) is 18.1. The number of anilines is 1. The van der Waals surface area contributed by atoms with Crippen LogP contribution >= 0.6 is 12.4 Å².